The molecular formula is C13H17N5O5. The van der Waals surface area contributed by atoms with Crippen molar-refractivity contribution in [2.75, 3.05) is 26.2 Å². The third kappa shape index (κ3) is 2.71. The summed E-state index contributed by atoms with van der Waals surface area (Å²) in [6.45, 7) is 1.87. The molecule has 1 aromatic heterocycles. The first-order chi connectivity index (χ1) is 11.0. The number of amides is 2. The number of rotatable bonds is 3. The fourth-order valence-electron chi connectivity index (χ4n) is 3.09. The number of carbonyl (C=O) groups excluding carboxylic acids is 2. The van der Waals surface area contributed by atoms with Crippen LogP contribution in [0.3, 0.4) is 0 Å². The average molecular weight is 323 g/mol. The Hall–Kier alpha value is -2.65. The molecule has 3 heterocycles. The number of nitrogens with zero attached hydrogens (tertiary/aromatic N) is 5. The topological polar surface area (TPSA) is 111 Å². The van der Waals surface area contributed by atoms with Gasteiger partial charge in [-0.2, -0.15) is 0 Å². The lowest BCUT2D eigenvalue weighted by molar-refractivity contribution is -0.392. The summed E-state index contributed by atoms with van der Waals surface area (Å²) in [7, 11) is 1.43. The first-order valence-electron chi connectivity index (χ1n) is 7.38. The van der Waals surface area contributed by atoms with Gasteiger partial charge in [-0.1, -0.05) is 5.10 Å². The smallest absolute Gasteiger partial charge is 0.410 e. The zero-order valence-electron chi connectivity index (χ0n) is 12.7. The van der Waals surface area contributed by atoms with Gasteiger partial charge < -0.3 is 24.7 Å². The van der Waals surface area contributed by atoms with Crippen LogP contribution in [0.2, 0.25) is 0 Å². The van der Waals surface area contributed by atoms with Crippen LogP contribution < -0.4 is 0 Å². The van der Waals surface area contributed by atoms with Crippen LogP contribution in [0.25, 0.3) is 0 Å². The highest BCUT2D eigenvalue weighted by Crippen LogP contribution is 2.24. The van der Waals surface area contributed by atoms with Crippen molar-refractivity contribution in [3.8, 4) is 0 Å². The Labute approximate surface area is 131 Å². The lowest BCUT2D eigenvalue weighted by Gasteiger charge is -2.35. The van der Waals surface area contributed by atoms with E-state index in [9.17, 15) is 19.7 Å². The number of cyclic esters (lactones) is 1. The van der Waals surface area contributed by atoms with Crippen molar-refractivity contribution >= 4 is 17.8 Å². The number of aromatic nitrogens is 2. The molecule has 0 bridgehead atoms. The molecule has 0 spiro atoms. The maximum Gasteiger partial charge on any atom is 0.410 e. The molecule has 2 aliphatic rings. The summed E-state index contributed by atoms with van der Waals surface area (Å²) in [6, 6.07) is 0.0536. The number of ether oxygens (including phenoxy) is 1. The summed E-state index contributed by atoms with van der Waals surface area (Å²) in [5, 5.41) is 14.9. The summed E-state index contributed by atoms with van der Waals surface area (Å²) in [5.74, 6) is -0.701. The number of aryl methyl sites for hydroxylation is 1. The van der Waals surface area contributed by atoms with Gasteiger partial charge in [-0.15, -0.1) is 4.68 Å². The number of likely N-dealkylation sites (tertiary alicyclic amines) is 1. The molecule has 2 fully saturated rings. The summed E-state index contributed by atoms with van der Waals surface area (Å²) in [6.07, 6.45) is 2.19. The minimum Gasteiger partial charge on any atom is -0.448 e. The van der Waals surface area contributed by atoms with Gasteiger partial charge in [0, 0.05) is 19.1 Å². The minimum absolute atomic E-state index is 0.00321. The Morgan fingerprint density at radius 3 is 2.65 bits per heavy atom. The Morgan fingerprint density at radius 2 is 2.09 bits per heavy atom. The second-order valence-electron chi connectivity index (χ2n) is 5.59. The van der Waals surface area contributed by atoms with E-state index < -0.39 is 10.8 Å². The van der Waals surface area contributed by atoms with E-state index >= 15 is 0 Å². The predicted octanol–water partition coefficient (Wildman–Crippen LogP) is 0.385. The third-order valence-corrected chi connectivity index (χ3v) is 4.30. The van der Waals surface area contributed by atoms with Crippen LogP contribution in [-0.2, 0) is 11.8 Å². The first kappa shape index (κ1) is 15.3. The molecule has 0 saturated carbocycles. The number of carbonyl (C=O) groups is 2. The fourth-order valence-corrected chi connectivity index (χ4v) is 3.09. The molecule has 10 nitrogen and oxygen atoms in total. The SMILES string of the molecule is Cn1ncc(C(=O)N2CCC(N3CCOC3=O)CC2)c1[N+](=O)[O-]. The molecule has 10 heteroatoms. The van der Waals surface area contributed by atoms with Gasteiger partial charge in [0.25, 0.3) is 5.91 Å². The summed E-state index contributed by atoms with van der Waals surface area (Å²) in [4.78, 5) is 37.8. The third-order valence-electron chi connectivity index (χ3n) is 4.30. The van der Waals surface area contributed by atoms with Crippen molar-refractivity contribution in [3.05, 3.63) is 21.9 Å². The highest BCUT2D eigenvalue weighted by atomic mass is 16.6. The van der Waals surface area contributed by atoms with Crippen LogP contribution in [0.1, 0.15) is 23.2 Å². The quantitative estimate of drug-likeness (QED) is 0.587. The summed E-state index contributed by atoms with van der Waals surface area (Å²) in [5.41, 5.74) is -0.00321. The average Bonchev–Trinajstić information content (AvgIpc) is 3.12. The van der Waals surface area contributed by atoms with Crippen molar-refractivity contribution in [1.29, 1.82) is 0 Å². The maximum absolute atomic E-state index is 12.5. The Balaban J connectivity index is 1.67. The van der Waals surface area contributed by atoms with Crippen LogP contribution in [-0.4, -0.2) is 68.8 Å². The van der Waals surface area contributed by atoms with Crippen LogP contribution in [0.5, 0.6) is 0 Å². The second-order valence-corrected chi connectivity index (χ2v) is 5.59. The van der Waals surface area contributed by atoms with Gasteiger partial charge in [0.15, 0.2) is 5.56 Å². The molecule has 2 amide bonds. The second kappa shape index (κ2) is 5.86. The molecule has 0 aliphatic carbocycles. The van der Waals surface area contributed by atoms with Crippen LogP contribution in [0.15, 0.2) is 6.20 Å². The molecular weight excluding hydrogens is 306 g/mol. The van der Waals surface area contributed by atoms with Crippen LogP contribution in [0, 0.1) is 10.1 Å². The molecule has 0 atom stereocenters. The van der Waals surface area contributed by atoms with E-state index in [1.54, 1.807) is 9.80 Å². The monoisotopic (exact) mass is 323 g/mol. The number of nitro groups is 1. The highest BCUT2D eigenvalue weighted by Gasteiger charge is 2.35. The Bertz CT molecular complexity index is 649. The summed E-state index contributed by atoms with van der Waals surface area (Å²) < 4.78 is 6.01. The molecule has 0 radical (unpaired) electrons. The van der Waals surface area contributed by atoms with Gasteiger partial charge in [0.2, 0.25) is 0 Å². The van der Waals surface area contributed by atoms with Crippen molar-refractivity contribution in [1.82, 2.24) is 19.6 Å². The minimum atomic E-state index is -0.604. The lowest BCUT2D eigenvalue weighted by atomic mass is 10.0. The molecule has 124 valence electrons. The fraction of sp³-hybridized carbons (Fsp3) is 0.615. The van der Waals surface area contributed by atoms with Gasteiger partial charge in [0.05, 0.1) is 12.7 Å². The van der Waals surface area contributed by atoms with E-state index in [0.29, 0.717) is 39.1 Å². The number of hydrogen-bond donors (Lipinski definition) is 0. The molecule has 2 aliphatic heterocycles. The molecule has 23 heavy (non-hydrogen) atoms. The van der Waals surface area contributed by atoms with Crippen LogP contribution >= 0.6 is 0 Å². The van der Waals surface area contributed by atoms with E-state index in [4.69, 9.17) is 4.74 Å². The Kier molecular flexibility index (Phi) is 3.89. The van der Waals surface area contributed by atoms with Crippen molar-refractivity contribution in [2.24, 2.45) is 7.05 Å². The molecule has 0 N–H and O–H groups in total. The number of piperidine rings is 1. The highest BCUT2D eigenvalue weighted by molar-refractivity contribution is 5.97. The maximum atomic E-state index is 12.5. The molecule has 3 rings (SSSR count). The van der Waals surface area contributed by atoms with E-state index in [1.807, 2.05) is 0 Å². The zero-order chi connectivity index (χ0) is 16.6. The molecule has 0 aromatic carbocycles. The largest absolute Gasteiger partial charge is 0.448 e. The Morgan fingerprint density at radius 1 is 1.39 bits per heavy atom. The standard InChI is InChI=1S/C13H17N5O5/c1-15-11(18(21)22)10(8-14-15)12(19)16-4-2-9(3-5-16)17-6-7-23-13(17)20/h8-9H,2-7H2,1H3. The normalized spacial score (nSPS) is 19.1. The van der Waals surface area contributed by atoms with Gasteiger partial charge >= 0.3 is 11.9 Å². The zero-order valence-corrected chi connectivity index (χ0v) is 12.7. The van der Waals surface area contributed by atoms with Gasteiger partial charge in [-0.05, 0) is 17.8 Å². The molecule has 0 unspecified atom stereocenters. The van der Waals surface area contributed by atoms with Crippen molar-refractivity contribution < 1.29 is 19.2 Å². The van der Waals surface area contributed by atoms with Gasteiger partial charge in [-0.25, -0.2) is 4.79 Å². The van der Waals surface area contributed by atoms with E-state index in [1.165, 1.54) is 13.2 Å². The van der Waals surface area contributed by atoms with E-state index in [2.05, 4.69) is 5.10 Å². The molecule has 1 aromatic rings. The molecule has 2 saturated heterocycles. The lowest BCUT2D eigenvalue weighted by Crippen LogP contribution is -2.47. The van der Waals surface area contributed by atoms with Gasteiger partial charge in [-0.3, -0.25) is 4.79 Å². The van der Waals surface area contributed by atoms with E-state index in [0.717, 1.165) is 4.68 Å². The van der Waals surface area contributed by atoms with Gasteiger partial charge in [0.1, 0.15) is 13.7 Å². The van der Waals surface area contributed by atoms with Crippen molar-refractivity contribution in [3.63, 3.8) is 0 Å². The first-order valence-corrected chi connectivity index (χ1v) is 7.38. The number of hydrogen-bond acceptors (Lipinski definition) is 6. The predicted molar refractivity (Wildman–Crippen MR) is 76.8 cm³/mol. The van der Waals surface area contributed by atoms with E-state index in [-0.39, 0.29) is 23.5 Å². The van der Waals surface area contributed by atoms with Crippen molar-refractivity contribution in [2.45, 2.75) is 18.9 Å². The van der Waals surface area contributed by atoms with Crippen LogP contribution in [0.4, 0.5) is 10.6 Å². The summed E-state index contributed by atoms with van der Waals surface area (Å²) >= 11 is 0.